The van der Waals surface area contributed by atoms with E-state index in [9.17, 15) is 18.0 Å². The number of hydrogen-bond acceptors (Lipinski definition) is 4. The zero-order valence-corrected chi connectivity index (χ0v) is 18.6. The molecule has 0 radical (unpaired) electrons. The van der Waals surface area contributed by atoms with Gasteiger partial charge in [0.15, 0.2) is 0 Å². The highest BCUT2D eigenvalue weighted by Crippen LogP contribution is 2.49. The monoisotopic (exact) mass is 479 g/mol. The first-order chi connectivity index (χ1) is 13.3. The van der Waals surface area contributed by atoms with Crippen molar-refractivity contribution in [3.63, 3.8) is 0 Å². The van der Waals surface area contributed by atoms with Crippen LogP contribution in [0.4, 0.5) is 24.5 Å². The fraction of sp³-hybridized carbons (Fsp3) is 0.350. The van der Waals surface area contributed by atoms with Crippen molar-refractivity contribution >= 4 is 53.9 Å². The summed E-state index contributed by atoms with van der Waals surface area (Å²) in [5.41, 5.74) is 0.194. The van der Waals surface area contributed by atoms with Crippen molar-refractivity contribution in [2.75, 3.05) is 44.7 Å². The molecule has 10 heteroatoms. The van der Waals surface area contributed by atoms with Gasteiger partial charge >= 0.3 is 6.18 Å². The number of hydrogen-bond donors (Lipinski definition) is 0. The van der Waals surface area contributed by atoms with Gasteiger partial charge in [0.25, 0.3) is 0 Å². The standard InChI is InChI=1S/C20H20F3N3OS.2ClH/c1-24-8-10-25(11-9-24)13-19(27)26-15-4-2-3-5-17(15)28-18-7-6-14(12-16(18)26)20(21,22)23;;/h2-7,12H,8-11,13H2,1H3;2*1H. The van der Waals surface area contributed by atoms with Crippen LogP contribution in [0.5, 0.6) is 0 Å². The molecule has 0 atom stereocenters. The van der Waals surface area contributed by atoms with Crippen molar-refractivity contribution in [3.8, 4) is 0 Å². The van der Waals surface area contributed by atoms with Crippen molar-refractivity contribution < 1.29 is 18.0 Å². The number of carbonyl (C=O) groups is 1. The lowest BCUT2D eigenvalue weighted by molar-refractivity contribution is -0.137. The maximum absolute atomic E-state index is 13.3. The number of likely N-dealkylation sites (N-methyl/N-ethyl adjacent to an activating group) is 1. The summed E-state index contributed by atoms with van der Waals surface area (Å²) in [6.07, 6.45) is -4.46. The van der Waals surface area contributed by atoms with Gasteiger partial charge in [-0.25, -0.2) is 0 Å². The molecule has 1 fully saturated rings. The van der Waals surface area contributed by atoms with E-state index in [0.717, 1.165) is 43.2 Å². The number of alkyl halides is 3. The number of anilines is 2. The largest absolute Gasteiger partial charge is 0.416 e. The molecular weight excluding hydrogens is 458 g/mol. The Hall–Kier alpha value is -1.45. The Morgan fingerprint density at radius 1 is 0.967 bits per heavy atom. The lowest BCUT2D eigenvalue weighted by Gasteiger charge is -2.35. The fourth-order valence-corrected chi connectivity index (χ4v) is 4.51. The van der Waals surface area contributed by atoms with E-state index in [-0.39, 0.29) is 37.3 Å². The number of benzene rings is 2. The molecule has 2 heterocycles. The molecular formula is C20H22Cl2F3N3OS. The highest BCUT2D eigenvalue weighted by Gasteiger charge is 2.35. The topological polar surface area (TPSA) is 26.8 Å². The summed E-state index contributed by atoms with van der Waals surface area (Å²) in [7, 11) is 2.03. The van der Waals surface area contributed by atoms with Crippen molar-refractivity contribution in [2.24, 2.45) is 0 Å². The molecule has 30 heavy (non-hydrogen) atoms. The van der Waals surface area contributed by atoms with Crippen molar-refractivity contribution in [3.05, 3.63) is 48.0 Å². The zero-order chi connectivity index (χ0) is 19.9. The minimum absolute atomic E-state index is 0. The fourth-order valence-electron chi connectivity index (χ4n) is 3.47. The SMILES string of the molecule is CN1CCN(CC(=O)N2c3ccccc3Sc3ccc(C(F)(F)F)cc32)CC1.Cl.Cl. The molecule has 0 saturated carbocycles. The quantitative estimate of drug-likeness (QED) is 0.610. The van der Waals surface area contributed by atoms with Gasteiger partial charge in [-0.05, 0) is 37.4 Å². The number of carbonyl (C=O) groups excluding carboxylic acids is 1. The lowest BCUT2D eigenvalue weighted by atomic mass is 10.1. The number of para-hydroxylation sites is 1. The Labute approximate surface area is 190 Å². The highest BCUT2D eigenvalue weighted by molar-refractivity contribution is 7.99. The first-order valence-electron chi connectivity index (χ1n) is 9.05. The van der Waals surface area contributed by atoms with Crippen molar-refractivity contribution in [1.82, 2.24) is 9.80 Å². The van der Waals surface area contributed by atoms with Crippen LogP contribution in [-0.2, 0) is 11.0 Å². The second-order valence-corrected chi connectivity index (χ2v) is 8.14. The van der Waals surface area contributed by atoms with Gasteiger partial charge in [-0.1, -0.05) is 23.9 Å². The van der Waals surface area contributed by atoms with Crippen molar-refractivity contribution in [1.29, 1.82) is 0 Å². The summed E-state index contributed by atoms with van der Waals surface area (Å²) in [6, 6.07) is 10.9. The van der Waals surface area contributed by atoms with Crippen LogP contribution in [-0.4, -0.2) is 55.5 Å². The Kier molecular flexibility index (Phi) is 8.09. The van der Waals surface area contributed by atoms with Crippen LogP contribution in [0.2, 0.25) is 0 Å². The molecule has 0 unspecified atom stereocenters. The molecule has 4 nitrogen and oxygen atoms in total. The molecule has 2 aromatic carbocycles. The first kappa shape index (κ1) is 24.8. The molecule has 0 aliphatic carbocycles. The summed E-state index contributed by atoms with van der Waals surface area (Å²) in [4.78, 5) is 20.4. The van der Waals surface area contributed by atoms with Crippen LogP contribution in [0, 0.1) is 0 Å². The number of nitrogens with zero attached hydrogens (tertiary/aromatic N) is 3. The van der Waals surface area contributed by atoms with E-state index in [1.54, 1.807) is 12.1 Å². The predicted molar refractivity (Wildman–Crippen MR) is 118 cm³/mol. The third-order valence-electron chi connectivity index (χ3n) is 5.06. The van der Waals surface area contributed by atoms with E-state index < -0.39 is 11.7 Å². The molecule has 0 bridgehead atoms. The van der Waals surface area contributed by atoms with Gasteiger partial charge in [-0.2, -0.15) is 13.2 Å². The molecule has 1 amide bonds. The van der Waals surface area contributed by atoms with E-state index >= 15 is 0 Å². The lowest BCUT2D eigenvalue weighted by Crippen LogP contribution is -2.48. The van der Waals surface area contributed by atoms with Crippen molar-refractivity contribution in [2.45, 2.75) is 16.0 Å². The normalized spacial score (nSPS) is 16.7. The van der Waals surface area contributed by atoms with Crippen LogP contribution in [0.3, 0.4) is 0 Å². The average Bonchev–Trinajstić information content (AvgIpc) is 2.66. The number of piperazine rings is 1. The van der Waals surface area contributed by atoms with Gasteiger partial charge in [0, 0.05) is 36.0 Å². The zero-order valence-electron chi connectivity index (χ0n) is 16.2. The van der Waals surface area contributed by atoms with E-state index in [1.165, 1.54) is 22.7 Å². The van der Waals surface area contributed by atoms with E-state index in [2.05, 4.69) is 9.80 Å². The minimum Gasteiger partial charge on any atom is -0.304 e. The molecule has 2 aliphatic heterocycles. The average molecular weight is 480 g/mol. The Morgan fingerprint density at radius 2 is 1.60 bits per heavy atom. The molecule has 1 saturated heterocycles. The van der Waals surface area contributed by atoms with Gasteiger partial charge in [0.05, 0.1) is 23.5 Å². The van der Waals surface area contributed by atoms with Gasteiger partial charge in [-0.15, -0.1) is 24.8 Å². The number of rotatable bonds is 2. The maximum Gasteiger partial charge on any atom is 0.416 e. The Morgan fingerprint density at radius 3 is 2.27 bits per heavy atom. The maximum atomic E-state index is 13.3. The summed E-state index contributed by atoms with van der Waals surface area (Å²) < 4.78 is 39.8. The Bertz CT molecular complexity index is 905. The summed E-state index contributed by atoms with van der Waals surface area (Å²) >= 11 is 1.39. The predicted octanol–water partition coefficient (Wildman–Crippen LogP) is 4.93. The third-order valence-corrected chi connectivity index (χ3v) is 6.19. The van der Waals surface area contributed by atoms with Gasteiger partial charge in [-0.3, -0.25) is 14.6 Å². The molecule has 4 rings (SSSR count). The Balaban J connectivity index is 0.00000160. The summed E-state index contributed by atoms with van der Waals surface area (Å²) in [6.45, 7) is 3.45. The van der Waals surface area contributed by atoms with Gasteiger partial charge in [0.1, 0.15) is 0 Å². The number of fused-ring (bicyclic) bond motifs is 2. The smallest absolute Gasteiger partial charge is 0.304 e. The summed E-state index contributed by atoms with van der Waals surface area (Å²) in [5, 5.41) is 0. The second kappa shape index (κ2) is 9.78. The van der Waals surface area contributed by atoms with Crippen LogP contribution >= 0.6 is 36.6 Å². The number of amides is 1. The van der Waals surface area contributed by atoms with Crippen LogP contribution in [0.25, 0.3) is 0 Å². The molecule has 2 aliphatic rings. The first-order valence-corrected chi connectivity index (χ1v) is 9.86. The van der Waals surface area contributed by atoms with Crippen LogP contribution < -0.4 is 4.90 Å². The van der Waals surface area contributed by atoms with E-state index in [4.69, 9.17) is 0 Å². The van der Waals surface area contributed by atoms with Gasteiger partial charge < -0.3 is 4.90 Å². The third kappa shape index (κ3) is 5.06. The second-order valence-electron chi connectivity index (χ2n) is 7.06. The molecule has 0 aromatic heterocycles. The molecule has 0 spiro atoms. The molecule has 2 aromatic rings. The van der Waals surface area contributed by atoms with Crippen LogP contribution in [0.1, 0.15) is 5.56 Å². The molecule has 164 valence electrons. The number of halogens is 5. The van der Waals surface area contributed by atoms with E-state index in [1.807, 2.05) is 19.2 Å². The minimum atomic E-state index is -4.46. The van der Waals surface area contributed by atoms with Crippen LogP contribution in [0.15, 0.2) is 52.3 Å². The highest BCUT2D eigenvalue weighted by atomic mass is 35.5. The summed E-state index contributed by atoms with van der Waals surface area (Å²) in [5.74, 6) is -0.210. The van der Waals surface area contributed by atoms with Gasteiger partial charge in [0.2, 0.25) is 5.91 Å². The molecule has 0 N–H and O–H groups in total. The van der Waals surface area contributed by atoms with E-state index in [0.29, 0.717) is 16.3 Å².